The molecule has 3 aromatic carbocycles. The van der Waals surface area contributed by atoms with Crippen molar-refractivity contribution in [2.24, 2.45) is 0 Å². The van der Waals surface area contributed by atoms with Crippen LogP contribution < -0.4 is 10.6 Å². The number of benzene rings is 3. The maximum Gasteiger partial charge on any atom is 0.180 e. The summed E-state index contributed by atoms with van der Waals surface area (Å²) < 4.78 is 15.2. The lowest BCUT2D eigenvalue weighted by atomic mass is 9.98. The first-order valence-corrected chi connectivity index (χ1v) is 16.3. The van der Waals surface area contributed by atoms with Crippen molar-refractivity contribution in [2.45, 2.75) is 58.2 Å². The Morgan fingerprint density at radius 2 is 1.18 bits per heavy atom. The Bertz CT molecular complexity index is 1290. The van der Waals surface area contributed by atoms with E-state index in [0.29, 0.717) is 16.6 Å². The van der Waals surface area contributed by atoms with Crippen molar-refractivity contribution in [3.63, 3.8) is 0 Å². The topological polar surface area (TPSA) is 17.1 Å². The van der Waals surface area contributed by atoms with E-state index in [4.69, 9.17) is 0 Å². The molecular weight excluding hydrogens is 447 g/mol. The molecule has 0 fully saturated rings. The molecule has 1 nitrogen and oxygen atoms in total. The standard InChI is InChI=1S/C31H35OPSi/c1-23(2)34(24(3)4,25(5)6)22-21-30-31(26-15-9-7-10-16-26)28-19-13-14-20-29(28)33(30,32)27-17-11-8-12-18-27/h7-20,23-25H,1-6H3. The van der Waals surface area contributed by atoms with Gasteiger partial charge in [0.05, 0.1) is 5.31 Å². The van der Waals surface area contributed by atoms with E-state index in [-0.39, 0.29) is 0 Å². The van der Waals surface area contributed by atoms with E-state index in [2.05, 4.69) is 83.3 Å². The fourth-order valence-electron chi connectivity index (χ4n) is 5.91. The van der Waals surface area contributed by atoms with E-state index in [1.807, 2.05) is 54.6 Å². The van der Waals surface area contributed by atoms with Crippen LogP contribution in [0.5, 0.6) is 0 Å². The van der Waals surface area contributed by atoms with Crippen LogP contribution in [0.2, 0.25) is 16.6 Å². The minimum atomic E-state index is -3.09. The second-order valence-corrected chi connectivity index (χ2v) is 18.4. The molecule has 0 saturated carbocycles. The molecule has 0 amide bonds. The van der Waals surface area contributed by atoms with Crippen LogP contribution >= 0.6 is 7.14 Å². The number of rotatable bonds is 5. The van der Waals surface area contributed by atoms with Crippen LogP contribution in [0.25, 0.3) is 5.57 Å². The Balaban J connectivity index is 2.10. The van der Waals surface area contributed by atoms with Crippen LogP contribution in [-0.4, -0.2) is 8.07 Å². The highest BCUT2D eigenvalue weighted by Crippen LogP contribution is 2.61. The highest BCUT2D eigenvalue weighted by molar-refractivity contribution is 7.83. The predicted molar refractivity (Wildman–Crippen MR) is 151 cm³/mol. The van der Waals surface area contributed by atoms with E-state index in [9.17, 15) is 0 Å². The molecule has 1 atom stereocenters. The zero-order valence-electron chi connectivity index (χ0n) is 21.2. The molecule has 0 aliphatic carbocycles. The van der Waals surface area contributed by atoms with Crippen molar-refractivity contribution < 1.29 is 4.57 Å². The highest BCUT2D eigenvalue weighted by atomic mass is 31.2. The summed E-state index contributed by atoms with van der Waals surface area (Å²) in [5.74, 6) is 3.68. The van der Waals surface area contributed by atoms with Gasteiger partial charge in [0.25, 0.3) is 0 Å². The van der Waals surface area contributed by atoms with E-state index >= 15 is 4.57 Å². The van der Waals surface area contributed by atoms with Crippen LogP contribution in [0.15, 0.2) is 90.2 Å². The van der Waals surface area contributed by atoms with Gasteiger partial charge < -0.3 is 4.57 Å². The zero-order chi connectivity index (χ0) is 24.5. The van der Waals surface area contributed by atoms with Gasteiger partial charge in [0.15, 0.2) is 7.14 Å². The molecule has 0 spiro atoms. The smallest absolute Gasteiger partial charge is 0.180 e. The van der Waals surface area contributed by atoms with Gasteiger partial charge in [-0.1, -0.05) is 132 Å². The van der Waals surface area contributed by atoms with E-state index in [1.54, 1.807) is 0 Å². The van der Waals surface area contributed by atoms with Gasteiger partial charge in [0.2, 0.25) is 0 Å². The van der Waals surface area contributed by atoms with E-state index < -0.39 is 15.2 Å². The van der Waals surface area contributed by atoms with Crippen molar-refractivity contribution in [1.82, 2.24) is 0 Å². The molecule has 1 aliphatic heterocycles. The van der Waals surface area contributed by atoms with Crippen molar-refractivity contribution >= 4 is 31.4 Å². The quantitative estimate of drug-likeness (QED) is 0.205. The second kappa shape index (κ2) is 9.57. The maximum absolute atomic E-state index is 15.2. The molecule has 1 heterocycles. The third-order valence-electron chi connectivity index (χ3n) is 7.51. The predicted octanol–water partition coefficient (Wildman–Crippen LogP) is 7.99. The Hall–Kier alpha value is -2.59. The monoisotopic (exact) mass is 482 g/mol. The molecule has 0 aromatic heterocycles. The summed E-state index contributed by atoms with van der Waals surface area (Å²) in [6, 6.07) is 28.5. The summed E-state index contributed by atoms with van der Waals surface area (Å²) in [4.78, 5) is 0. The Morgan fingerprint density at radius 1 is 0.676 bits per heavy atom. The van der Waals surface area contributed by atoms with Gasteiger partial charge in [-0.2, -0.15) is 0 Å². The van der Waals surface area contributed by atoms with Crippen molar-refractivity contribution in [3.05, 3.63) is 101 Å². The molecule has 3 aromatic rings. The molecular formula is C31H35OPSi. The lowest BCUT2D eigenvalue weighted by molar-refractivity contribution is 0.591. The first kappa shape index (κ1) is 24.5. The highest BCUT2D eigenvalue weighted by Gasteiger charge is 2.44. The van der Waals surface area contributed by atoms with Gasteiger partial charge in [-0.25, -0.2) is 0 Å². The Kier molecular flexibility index (Phi) is 6.91. The van der Waals surface area contributed by atoms with Gasteiger partial charge in [0, 0.05) is 16.2 Å². The van der Waals surface area contributed by atoms with Gasteiger partial charge in [0.1, 0.15) is 8.07 Å². The molecule has 4 rings (SSSR count). The van der Waals surface area contributed by atoms with Crippen molar-refractivity contribution in [3.8, 4) is 11.5 Å². The largest absolute Gasteiger partial charge is 0.308 e. The molecule has 0 bridgehead atoms. The van der Waals surface area contributed by atoms with E-state index in [0.717, 1.165) is 32.6 Å². The van der Waals surface area contributed by atoms with Crippen molar-refractivity contribution in [1.29, 1.82) is 0 Å². The summed E-state index contributed by atoms with van der Waals surface area (Å²) in [6.07, 6.45) is 0. The van der Waals surface area contributed by atoms with Gasteiger partial charge in [-0.3, -0.25) is 0 Å². The molecule has 0 radical (unpaired) electrons. The van der Waals surface area contributed by atoms with Crippen LogP contribution in [0.4, 0.5) is 0 Å². The second-order valence-electron chi connectivity index (χ2n) is 10.2. The molecule has 0 saturated heterocycles. The Morgan fingerprint density at radius 3 is 1.74 bits per heavy atom. The minimum Gasteiger partial charge on any atom is -0.308 e. The molecule has 3 heteroatoms. The summed E-state index contributed by atoms with van der Waals surface area (Å²) >= 11 is 0. The maximum atomic E-state index is 15.2. The number of hydrogen-bond acceptors (Lipinski definition) is 1. The SMILES string of the molecule is CC(C)[Si](C#CC1=C(c2ccccc2)c2ccccc2P1(=O)c1ccccc1)(C(C)C)C(C)C. The Labute approximate surface area is 206 Å². The summed E-state index contributed by atoms with van der Waals surface area (Å²) in [7, 11) is -5.10. The average Bonchev–Trinajstić information content (AvgIpc) is 3.09. The number of allylic oxidation sites excluding steroid dienone is 1. The van der Waals surface area contributed by atoms with Gasteiger partial charge in [-0.05, 0) is 27.8 Å². The van der Waals surface area contributed by atoms with Crippen LogP contribution in [0, 0.1) is 11.5 Å². The van der Waals surface area contributed by atoms with Gasteiger partial charge >= 0.3 is 0 Å². The number of fused-ring (bicyclic) bond motifs is 1. The molecule has 1 aliphatic rings. The normalized spacial score (nSPS) is 17.8. The molecule has 174 valence electrons. The van der Waals surface area contributed by atoms with Gasteiger partial charge in [-0.15, -0.1) is 5.54 Å². The minimum absolute atomic E-state index is 0.515. The zero-order valence-corrected chi connectivity index (χ0v) is 23.1. The lowest BCUT2D eigenvalue weighted by Crippen LogP contribution is -2.43. The van der Waals surface area contributed by atoms with Crippen LogP contribution in [0.3, 0.4) is 0 Å². The van der Waals surface area contributed by atoms with Crippen LogP contribution in [0.1, 0.15) is 52.7 Å². The summed E-state index contributed by atoms with van der Waals surface area (Å²) in [6.45, 7) is 14.0. The van der Waals surface area contributed by atoms with Crippen molar-refractivity contribution in [2.75, 3.05) is 0 Å². The molecule has 1 unspecified atom stereocenters. The lowest BCUT2D eigenvalue weighted by Gasteiger charge is -2.38. The third kappa shape index (κ3) is 3.86. The average molecular weight is 483 g/mol. The summed E-state index contributed by atoms with van der Waals surface area (Å²) in [5, 5.41) is 2.59. The number of hydrogen-bond donors (Lipinski definition) is 0. The summed E-state index contributed by atoms with van der Waals surface area (Å²) in [5.41, 5.74) is 8.61. The fourth-order valence-corrected chi connectivity index (χ4v) is 14.2. The molecule has 0 N–H and O–H groups in total. The fraction of sp³-hybridized carbons (Fsp3) is 0.290. The molecule has 34 heavy (non-hydrogen) atoms. The van der Waals surface area contributed by atoms with Crippen LogP contribution in [-0.2, 0) is 4.57 Å². The first-order chi connectivity index (χ1) is 16.2. The third-order valence-corrected chi connectivity index (χ3v) is 16.9. The first-order valence-electron chi connectivity index (χ1n) is 12.3. The van der Waals surface area contributed by atoms with E-state index in [1.165, 1.54) is 0 Å².